The number of aromatic nitrogens is 1. The van der Waals surface area contributed by atoms with E-state index in [1.807, 2.05) is 20.8 Å². The number of anilines is 1. The summed E-state index contributed by atoms with van der Waals surface area (Å²) < 4.78 is 4.83. The minimum atomic E-state index is -0.0363. The molecule has 0 bridgehead atoms. The zero-order chi connectivity index (χ0) is 10.8. The molecular formula is C10H16N2O2. The summed E-state index contributed by atoms with van der Waals surface area (Å²) in [6.45, 7) is 7.83. The van der Waals surface area contributed by atoms with Crippen LogP contribution in [0, 0.1) is 12.3 Å². The first kappa shape index (κ1) is 10.8. The fourth-order valence-electron chi connectivity index (χ4n) is 1.09. The van der Waals surface area contributed by atoms with Gasteiger partial charge in [-0.2, -0.15) is 0 Å². The third kappa shape index (κ3) is 3.60. The Morgan fingerprint density at radius 1 is 1.57 bits per heavy atom. The maximum absolute atomic E-state index is 11.4. The molecule has 0 unspecified atom stereocenters. The standard InChI is InChI=1S/C10H16N2O2/c1-7-5-8(12-14-7)11-9(13)6-10(2,3)4/h5H,6H2,1-4H3,(H,11,12,13). The van der Waals surface area contributed by atoms with Gasteiger partial charge in [0.15, 0.2) is 5.82 Å². The van der Waals surface area contributed by atoms with Gasteiger partial charge in [0, 0.05) is 12.5 Å². The average Bonchev–Trinajstić information content (AvgIpc) is 2.30. The number of hydrogen-bond donors (Lipinski definition) is 1. The molecular weight excluding hydrogens is 180 g/mol. The van der Waals surface area contributed by atoms with Crippen molar-refractivity contribution in [1.82, 2.24) is 5.16 Å². The van der Waals surface area contributed by atoms with E-state index in [0.717, 1.165) is 0 Å². The predicted octanol–water partition coefficient (Wildman–Crippen LogP) is 2.36. The van der Waals surface area contributed by atoms with Crippen molar-refractivity contribution in [3.8, 4) is 0 Å². The van der Waals surface area contributed by atoms with Gasteiger partial charge in [0.1, 0.15) is 5.76 Å². The van der Waals surface area contributed by atoms with Crippen molar-refractivity contribution in [2.45, 2.75) is 34.1 Å². The monoisotopic (exact) mass is 196 g/mol. The van der Waals surface area contributed by atoms with Crippen LogP contribution >= 0.6 is 0 Å². The lowest BCUT2D eigenvalue weighted by molar-refractivity contribution is -0.117. The molecule has 0 radical (unpaired) electrons. The van der Waals surface area contributed by atoms with Crippen LogP contribution in [0.15, 0.2) is 10.6 Å². The van der Waals surface area contributed by atoms with E-state index in [-0.39, 0.29) is 11.3 Å². The Labute approximate surface area is 83.7 Å². The Bertz CT molecular complexity index is 323. The van der Waals surface area contributed by atoms with Gasteiger partial charge in [-0.25, -0.2) is 0 Å². The molecule has 1 heterocycles. The maximum Gasteiger partial charge on any atom is 0.226 e. The molecule has 1 aromatic heterocycles. The van der Waals surface area contributed by atoms with E-state index < -0.39 is 0 Å². The molecule has 0 saturated heterocycles. The van der Waals surface area contributed by atoms with Gasteiger partial charge in [-0.15, -0.1) is 0 Å². The highest BCUT2D eigenvalue weighted by Gasteiger charge is 2.16. The summed E-state index contributed by atoms with van der Waals surface area (Å²) in [6, 6.07) is 1.69. The maximum atomic E-state index is 11.4. The molecule has 0 aliphatic rings. The molecule has 0 aromatic carbocycles. The molecule has 4 nitrogen and oxygen atoms in total. The van der Waals surface area contributed by atoms with Crippen molar-refractivity contribution >= 4 is 11.7 Å². The number of nitrogens with one attached hydrogen (secondary N) is 1. The normalized spacial score (nSPS) is 11.4. The minimum absolute atomic E-state index is 0.0110. The van der Waals surface area contributed by atoms with Crippen LogP contribution in [-0.4, -0.2) is 11.1 Å². The molecule has 0 spiro atoms. The molecule has 78 valence electrons. The number of aryl methyl sites for hydroxylation is 1. The highest BCUT2D eigenvalue weighted by atomic mass is 16.5. The average molecular weight is 196 g/mol. The van der Waals surface area contributed by atoms with Gasteiger partial charge in [0.25, 0.3) is 0 Å². The summed E-state index contributed by atoms with van der Waals surface area (Å²) >= 11 is 0. The van der Waals surface area contributed by atoms with E-state index >= 15 is 0 Å². The van der Waals surface area contributed by atoms with E-state index in [2.05, 4.69) is 10.5 Å². The molecule has 0 aliphatic heterocycles. The van der Waals surface area contributed by atoms with Gasteiger partial charge in [0.2, 0.25) is 5.91 Å². The van der Waals surface area contributed by atoms with Crippen molar-refractivity contribution in [3.05, 3.63) is 11.8 Å². The van der Waals surface area contributed by atoms with Crippen LogP contribution in [0.5, 0.6) is 0 Å². The Morgan fingerprint density at radius 3 is 2.64 bits per heavy atom. The van der Waals surface area contributed by atoms with Gasteiger partial charge in [0.05, 0.1) is 0 Å². The van der Waals surface area contributed by atoms with E-state index in [1.165, 1.54) is 0 Å². The number of carbonyl (C=O) groups is 1. The first-order valence-electron chi connectivity index (χ1n) is 4.60. The van der Waals surface area contributed by atoms with E-state index in [1.54, 1.807) is 13.0 Å². The van der Waals surface area contributed by atoms with Crippen LogP contribution in [0.1, 0.15) is 33.0 Å². The summed E-state index contributed by atoms with van der Waals surface area (Å²) in [7, 11) is 0. The van der Waals surface area contributed by atoms with Crippen LogP contribution in [0.25, 0.3) is 0 Å². The highest BCUT2D eigenvalue weighted by Crippen LogP contribution is 2.19. The van der Waals surface area contributed by atoms with E-state index in [4.69, 9.17) is 4.52 Å². The summed E-state index contributed by atoms with van der Waals surface area (Å²) in [5, 5.41) is 6.35. The van der Waals surface area contributed by atoms with E-state index in [9.17, 15) is 4.79 Å². The molecule has 0 saturated carbocycles. The van der Waals surface area contributed by atoms with Gasteiger partial charge in [-0.05, 0) is 12.3 Å². The first-order chi connectivity index (χ1) is 6.37. The molecule has 1 amide bonds. The lowest BCUT2D eigenvalue weighted by atomic mass is 9.92. The third-order valence-corrected chi connectivity index (χ3v) is 1.59. The van der Waals surface area contributed by atoms with Crippen LogP contribution in [0.2, 0.25) is 0 Å². The fourth-order valence-corrected chi connectivity index (χ4v) is 1.09. The minimum Gasteiger partial charge on any atom is -0.360 e. The Balaban J connectivity index is 2.50. The summed E-state index contributed by atoms with van der Waals surface area (Å²) in [5.74, 6) is 1.14. The highest BCUT2D eigenvalue weighted by molar-refractivity contribution is 5.90. The second-order valence-corrected chi connectivity index (χ2v) is 4.61. The predicted molar refractivity (Wildman–Crippen MR) is 53.9 cm³/mol. The van der Waals surface area contributed by atoms with Crippen molar-refractivity contribution < 1.29 is 9.32 Å². The number of hydrogen-bond acceptors (Lipinski definition) is 3. The molecule has 0 atom stereocenters. The Morgan fingerprint density at radius 2 is 2.21 bits per heavy atom. The van der Waals surface area contributed by atoms with Crippen molar-refractivity contribution in [1.29, 1.82) is 0 Å². The number of nitrogens with zero attached hydrogens (tertiary/aromatic N) is 1. The van der Waals surface area contributed by atoms with Crippen LogP contribution < -0.4 is 5.32 Å². The van der Waals surface area contributed by atoms with Gasteiger partial charge >= 0.3 is 0 Å². The SMILES string of the molecule is Cc1cc(NC(=O)CC(C)(C)C)no1. The van der Waals surface area contributed by atoms with Crippen molar-refractivity contribution in [2.75, 3.05) is 5.32 Å². The fraction of sp³-hybridized carbons (Fsp3) is 0.600. The van der Waals surface area contributed by atoms with Crippen molar-refractivity contribution in [2.24, 2.45) is 5.41 Å². The van der Waals surface area contributed by atoms with Gasteiger partial charge in [-0.1, -0.05) is 25.9 Å². The molecule has 0 fully saturated rings. The molecule has 4 heteroatoms. The van der Waals surface area contributed by atoms with Crippen LogP contribution in [0.3, 0.4) is 0 Å². The van der Waals surface area contributed by atoms with Gasteiger partial charge < -0.3 is 9.84 Å². The topological polar surface area (TPSA) is 55.1 Å². The third-order valence-electron chi connectivity index (χ3n) is 1.59. The number of amides is 1. The molecule has 0 aliphatic carbocycles. The van der Waals surface area contributed by atoms with Crippen molar-refractivity contribution in [3.63, 3.8) is 0 Å². The van der Waals surface area contributed by atoms with Crippen LogP contribution in [-0.2, 0) is 4.79 Å². The quantitative estimate of drug-likeness (QED) is 0.790. The molecule has 14 heavy (non-hydrogen) atoms. The van der Waals surface area contributed by atoms with Crippen LogP contribution in [0.4, 0.5) is 5.82 Å². The summed E-state index contributed by atoms with van der Waals surface area (Å²) in [4.78, 5) is 11.4. The number of carbonyl (C=O) groups excluding carboxylic acids is 1. The van der Waals surface area contributed by atoms with Gasteiger partial charge in [-0.3, -0.25) is 4.79 Å². The zero-order valence-corrected chi connectivity index (χ0v) is 9.05. The number of rotatable bonds is 2. The lowest BCUT2D eigenvalue weighted by Crippen LogP contribution is -2.19. The summed E-state index contributed by atoms with van der Waals surface area (Å²) in [6.07, 6.45) is 0.471. The largest absolute Gasteiger partial charge is 0.360 e. The Hall–Kier alpha value is -1.32. The Kier molecular flexibility index (Phi) is 2.93. The summed E-state index contributed by atoms with van der Waals surface area (Å²) in [5.41, 5.74) is -0.0110. The first-order valence-corrected chi connectivity index (χ1v) is 4.60. The molecule has 1 rings (SSSR count). The lowest BCUT2D eigenvalue weighted by Gasteiger charge is -2.16. The smallest absolute Gasteiger partial charge is 0.226 e. The second-order valence-electron chi connectivity index (χ2n) is 4.61. The molecule has 1 aromatic rings. The molecule has 1 N–H and O–H groups in total. The van der Waals surface area contributed by atoms with E-state index in [0.29, 0.717) is 18.0 Å². The zero-order valence-electron chi connectivity index (χ0n) is 9.05. The second kappa shape index (κ2) is 3.82.